The van der Waals surface area contributed by atoms with E-state index in [2.05, 4.69) is 21.5 Å². The number of terminal acetylenes is 1. The predicted molar refractivity (Wildman–Crippen MR) is 59.6 cm³/mol. The summed E-state index contributed by atoms with van der Waals surface area (Å²) < 4.78 is 0. The summed E-state index contributed by atoms with van der Waals surface area (Å²) in [6.45, 7) is 0.366. The van der Waals surface area contributed by atoms with Gasteiger partial charge in [0, 0.05) is 6.20 Å². The number of halogens is 1. The molecule has 1 rings (SSSR count). The van der Waals surface area contributed by atoms with E-state index in [9.17, 15) is 4.79 Å². The van der Waals surface area contributed by atoms with E-state index in [4.69, 9.17) is 18.0 Å². The van der Waals surface area contributed by atoms with Gasteiger partial charge < -0.3 is 10.6 Å². The molecule has 0 spiro atoms. The molecule has 1 aromatic heterocycles. The van der Waals surface area contributed by atoms with Crippen LogP contribution >= 0.6 is 11.6 Å². The summed E-state index contributed by atoms with van der Waals surface area (Å²) in [7, 11) is 0. The number of anilines is 1. The highest BCUT2D eigenvalue weighted by Crippen LogP contribution is 2.08. The third kappa shape index (κ3) is 4.34. The van der Waals surface area contributed by atoms with Gasteiger partial charge in [0.1, 0.15) is 5.82 Å². The molecule has 0 saturated carbocycles. The van der Waals surface area contributed by atoms with Crippen LogP contribution in [0.25, 0.3) is 0 Å². The van der Waals surface area contributed by atoms with Gasteiger partial charge in [-0.05, 0) is 12.1 Å². The van der Waals surface area contributed by atoms with E-state index in [1.165, 1.54) is 6.20 Å². The molecule has 1 aromatic rings. The van der Waals surface area contributed by atoms with Crippen molar-refractivity contribution < 1.29 is 4.79 Å². The van der Waals surface area contributed by atoms with Crippen molar-refractivity contribution in [2.45, 2.75) is 0 Å². The number of carbonyl (C=O) groups excluding carboxylic acids is 1. The van der Waals surface area contributed by atoms with Gasteiger partial charge in [0.2, 0.25) is 5.91 Å². The second-order valence-electron chi connectivity index (χ2n) is 2.70. The van der Waals surface area contributed by atoms with Gasteiger partial charge in [-0.2, -0.15) is 0 Å². The molecule has 0 bridgehead atoms. The first kappa shape index (κ1) is 11.3. The monoisotopic (exact) mass is 223 g/mol. The van der Waals surface area contributed by atoms with E-state index in [0.29, 0.717) is 10.8 Å². The molecule has 0 radical (unpaired) electrons. The maximum atomic E-state index is 11.1. The van der Waals surface area contributed by atoms with E-state index in [1.807, 2.05) is 0 Å². The Bertz CT molecular complexity index is 369. The van der Waals surface area contributed by atoms with E-state index in [0.717, 1.165) is 0 Å². The highest BCUT2D eigenvalue weighted by atomic mass is 35.5. The Morgan fingerprint density at radius 2 is 2.40 bits per heavy atom. The Balaban J connectivity index is 2.34. The number of pyridine rings is 1. The van der Waals surface area contributed by atoms with Gasteiger partial charge in [0.25, 0.3) is 0 Å². The number of nitrogens with one attached hydrogen (secondary N) is 2. The number of aromatic nitrogens is 1. The molecule has 0 saturated heterocycles. The van der Waals surface area contributed by atoms with Crippen LogP contribution in [0, 0.1) is 12.3 Å². The molecule has 0 unspecified atom stereocenters. The molecule has 1 heterocycles. The zero-order valence-electron chi connectivity index (χ0n) is 7.96. The van der Waals surface area contributed by atoms with Crippen LogP contribution in [0.5, 0.6) is 0 Å². The number of hydrogen-bond donors (Lipinski definition) is 2. The van der Waals surface area contributed by atoms with Crippen LogP contribution in [-0.4, -0.2) is 24.0 Å². The van der Waals surface area contributed by atoms with Crippen molar-refractivity contribution in [3.63, 3.8) is 0 Å². The fraction of sp³-hybridized carbons (Fsp3) is 0.200. The van der Waals surface area contributed by atoms with Gasteiger partial charge in [-0.1, -0.05) is 17.5 Å². The summed E-state index contributed by atoms with van der Waals surface area (Å²) in [6, 6.07) is 3.38. The van der Waals surface area contributed by atoms with E-state index >= 15 is 0 Å². The standard InChI is InChI=1S/C10H10ClN3O/c1-2-5-12-10(15)7-14-9-4-3-8(11)6-13-9/h1,3-4,6H,5,7H2,(H,12,15)(H,13,14). The molecular formula is C10H10ClN3O. The van der Waals surface area contributed by atoms with Crippen LogP contribution in [0.3, 0.4) is 0 Å². The second kappa shape index (κ2) is 5.89. The highest BCUT2D eigenvalue weighted by Gasteiger charge is 1.99. The maximum Gasteiger partial charge on any atom is 0.240 e. The molecule has 0 aromatic carbocycles. The lowest BCUT2D eigenvalue weighted by molar-refractivity contribution is -0.119. The van der Waals surface area contributed by atoms with Gasteiger partial charge in [0.15, 0.2) is 0 Å². The molecule has 0 aliphatic carbocycles. The molecule has 0 fully saturated rings. The molecule has 1 amide bonds. The van der Waals surface area contributed by atoms with Crippen molar-refractivity contribution in [3.05, 3.63) is 23.4 Å². The molecule has 78 valence electrons. The molecule has 4 nitrogen and oxygen atoms in total. The van der Waals surface area contributed by atoms with E-state index in [-0.39, 0.29) is 19.0 Å². The van der Waals surface area contributed by atoms with Crippen molar-refractivity contribution >= 4 is 23.3 Å². The number of rotatable bonds is 4. The third-order valence-corrected chi connectivity index (χ3v) is 1.77. The van der Waals surface area contributed by atoms with Gasteiger partial charge in [-0.3, -0.25) is 4.79 Å². The van der Waals surface area contributed by atoms with Crippen LogP contribution in [0.2, 0.25) is 5.02 Å². The van der Waals surface area contributed by atoms with Crippen molar-refractivity contribution in [2.24, 2.45) is 0 Å². The quantitative estimate of drug-likeness (QED) is 0.746. The third-order valence-electron chi connectivity index (χ3n) is 1.55. The summed E-state index contributed by atoms with van der Waals surface area (Å²) in [5.41, 5.74) is 0. The minimum Gasteiger partial charge on any atom is -0.361 e. The van der Waals surface area contributed by atoms with E-state index in [1.54, 1.807) is 12.1 Å². The minimum atomic E-state index is -0.176. The Morgan fingerprint density at radius 3 is 3.00 bits per heavy atom. The first-order chi connectivity index (χ1) is 7.22. The Morgan fingerprint density at radius 1 is 1.60 bits per heavy atom. The normalized spacial score (nSPS) is 9.07. The van der Waals surface area contributed by atoms with Crippen molar-refractivity contribution in [1.82, 2.24) is 10.3 Å². The predicted octanol–water partition coefficient (Wildman–Crippen LogP) is 0.896. The Hall–Kier alpha value is -1.73. The van der Waals surface area contributed by atoms with Crippen LogP contribution in [0.1, 0.15) is 0 Å². The topological polar surface area (TPSA) is 54.0 Å². The highest BCUT2D eigenvalue weighted by molar-refractivity contribution is 6.30. The SMILES string of the molecule is C#CCNC(=O)CNc1ccc(Cl)cn1. The summed E-state index contributed by atoms with van der Waals surface area (Å²) in [5.74, 6) is 2.73. The number of amides is 1. The lowest BCUT2D eigenvalue weighted by Gasteiger charge is -2.04. The fourth-order valence-corrected chi connectivity index (χ4v) is 0.975. The summed E-state index contributed by atoms with van der Waals surface area (Å²) in [4.78, 5) is 15.1. The number of hydrogen-bond acceptors (Lipinski definition) is 3. The van der Waals surface area contributed by atoms with Gasteiger partial charge in [0.05, 0.1) is 18.1 Å². The van der Waals surface area contributed by atoms with Crippen molar-refractivity contribution in [3.8, 4) is 12.3 Å². The second-order valence-corrected chi connectivity index (χ2v) is 3.13. The molecule has 0 atom stereocenters. The zero-order chi connectivity index (χ0) is 11.1. The molecule has 0 aliphatic heterocycles. The smallest absolute Gasteiger partial charge is 0.240 e. The minimum absolute atomic E-state index is 0.135. The van der Waals surface area contributed by atoms with Gasteiger partial charge in [-0.15, -0.1) is 6.42 Å². The van der Waals surface area contributed by atoms with Crippen LogP contribution in [0.4, 0.5) is 5.82 Å². The van der Waals surface area contributed by atoms with Crippen LogP contribution in [0.15, 0.2) is 18.3 Å². The Labute approximate surface area is 93.0 Å². The van der Waals surface area contributed by atoms with E-state index < -0.39 is 0 Å². The lowest BCUT2D eigenvalue weighted by Crippen LogP contribution is -2.30. The molecule has 0 aliphatic rings. The average Bonchev–Trinajstić information content (AvgIpc) is 2.25. The largest absolute Gasteiger partial charge is 0.361 e. The Kier molecular flexibility index (Phi) is 4.45. The zero-order valence-corrected chi connectivity index (χ0v) is 8.71. The molecule has 5 heteroatoms. The molecular weight excluding hydrogens is 214 g/mol. The first-order valence-electron chi connectivity index (χ1n) is 4.28. The maximum absolute atomic E-state index is 11.1. The van der Waals surface area contributed by atoms with Crippen LogP contribution < -0.4 is 10.6 Å². The number of nitrogens with zero attached hydrogens (tertiary/aromatic N) is 1. The van der Waals surface area contributed by atoms with Gasteiger partial charge >= 0.3 is 0 Å². The molecule has 2 N–H and O–H groups in total. The fourth-order valence-electron chi connectivity index (χ4n) is 0.863. The van der Waals surface area contributed by atoms with Crippen molar-refractivity contribution in [2.75, 3.05) is 18.4 Å². The summed E-state index contributed by atoms with van der Waals surface area (Å²) >= 11 is 5.65. The van der Waals surface area contributed by atoms with Crippen LogP contribution in [-0.2, 0) is 4.79 Å². The summed E-state index contributed by atoms with van der Waals surface area (Å²) in [6.07, 6.45) is 6.49. The van der Waals surface area contributed by atoms with Crippen molar-refractivity contribution in [1.29, 1.82) is 0 Å². The first-order valence-corrected chi connectivity index (χ1v) is 4.66. The average molecular weight is 224 g/mol. The number of carbonyl (C=O) groups is 1. The van der Waals surface area contributed by atoms with Gasteiger partial charge in [-0.25, -0.2) is 4.98 Å². The molecule has 15 heavy (non-hydrogen) atoms. The lowest BCUT2D eigenvalue weighted by atomic mass is 10.4. The summed E-state index contributed by atoms with van der Waals surface area (Å²) in [5, 5.41) is 5.91.